The van der Waals surface area contributed by atoms with Crippen molar-refractivity contribution in [1.29, 1.82) is 0 Å². The molecule has 2 amide bonds. The highest BCUT2D eigenvalue weighted by molar-refractivity contribution is 5.98. The van der Waals surface area contributed by atoms with Gasteiger partial charge in [0, 0.05) is 16.8 Å². The molecule has 112 valence electrons. The predicted molar refractivity (Wildman–Crippen MR) is 80.0 cm³/mol. The molecule has 0 aromatic heterocycles. The van der Waals surface area contributed by atoms with E-state index in [2.05, 4.69) is 10.6 Å². The largest absolute Gasteiger partial charge is 0.493 e. The van der Waals surface area contributed by atoms with Crippen LogP contribution in [0.1, 0.15) is 38.8 Å². The minimum Gasteiger partial charge on any atom is -0.493 e. The Hall–Kier alpha value is -2.30. The molecule has 5 nitrogen and oxygen atoms in total. The Morgan fingerprint density at radius 2 is 2.05 bits per heavy atom. The van der Waals surface area contributed by atoms with Crippen molar-refractivity contribution in [3.63, 3.8) is 0 Å². The maximum absolute atomic E-state index is 11.9. The highest BCUT2D eigenvalue weighted by atomic mass is 16.5. The second-order valence-corrected chi connectivity index (χ2v) is 5.01. The molecule has 1 aromatic rings. The molecule has 1 aliphatic heterocycles. The predicted octanol–water partition coefficient (Wildman–Crippen LogP) is 2.69. The summed E-state index contributed by atoms with van der Waals surface area (Å²) in [5.41, 5.74) is 1.94. The maximum atomic E-state index is 11.9. The summed E-state index contributed by atoms with van der Waals surface area (Å²) < 4.78 is 5.73. The number of amides is 2. The molecule has 5 heteroatoms. The van der Waals surface area contributed by atoms with Gasteiger partial charge in [0.15, 0.2) is 5.78 Å². The number of rotatable bonds is 5. The summed E-state index contributed by atoms with van der Waals surface area (Å²) in [7, 11) is 0. The minimum atomic E-state index is -0.482. The Morgan fingerprint density at radius 3 is 2.71 bits per heavy atom. The fraction of sp³-hybridized carbons (Fsp3) is 0.375. The lowest BCUT2D eigenvalue weighted by atomic mass is 9.92. The number of para-hydroxylation sites is 1. The van der Waals surface area contributed by atoms with Gasteiger partial charge < -0.3 is 15.4 Å². The van der Waals surface area contributed by atoms with Gasteiger partial charge in [0.05, 0.1) is 12.6 Å². The Bertz CT molecular complexity index is 593. The molecule has 1 aromatic carbocycles. The van der Waals surface area contributed by atoms with Crippen LogP contribution < -0.4 is 15.4 Å². The van der Waals surface area contributed by atoms with Crippen LogP contribution in [0.3, 0.4) is 0 Å². The first kappa shape index (κ1) is 15.1. The third-order valence-corrected chi connectivity index (χ3v) is 3.34. The van der Waals surface area contributed by atoms with E-state index in [4.69, 9.17) is 4.74 Å². The van der Waals surface area contributed by atoms with E-state index in [0.717, 1.165) is 12.0 Å². The fourth-order valence-electron chi connectivity index (χ4n) is 2.46. The van der Waals surface area contributed by atoms with E-state index in [1.807, 2.05) is 31.2 Å². The minimum absolute atomic E-state index is 0.0738. The molecule has 2 N–H and O–H groups in total. The van der Waals surface area contributed by atoms with Gasteiger partial charge in [-0.25, -0.2) is 4.79 Å². The smallest absolute Gasteiger partial charge is 0.319 e. The Labute approximate surface area is 124 Å². The molecule has 0 aliphatic carbocycles. The highest BCUT2D eigenvalue weighted by Gasteiger charge is 2.30. The van der Waals surface area contributed by atoms with Gasteiger partial charge in [-0.2, -0.15) is 0 Å². The van der Waals surface area contributed by atoms with Crippen molar-refractivity contribution in [2.45, 2.75) is 33.2 Å². The van der Waals surface area contributed by atoms with Crippen LogP contribution in [-0.2, 0) is 4.79 Å². The monoisotopic (exact) mass is 288 g/mol. The van der Waals surface area contributed by atoms with Crippen molar-refractivity contribution in [1.82, 2.24) is 10.6 Å². The van der Waals surface area contributed by atoms with Crippen molar-refractivity contribution in [2.24, 2.45) is 0 Å². The van der Waals surface area contributed by atoms with Gasteiger partial charge in [0.25, 0.3) is 0 Å². The summed E-state index contributed by atoms with van der Waals surface area (Å²) in [6.45, 7) is 5.85. The van der Waals surface area contributed by atoms with Crippen molar-refractivity contribution < 1.29 is 14.3 Å². The standard InChI is InChI=1S/C16H20N2O3/c1-4-9-21-13-8-6-5-7-12(13)15-14(11(3)19)10(2)17-16(20)18-15/h5-8,15H,4,9H2,1-3H3,(H2,17,18,20)/t15-/m0/s1. The summed E-state index contributed by atoms with van der Waals surface area (Å²) in [5, 5.41) is 5.44. The lowest BCUT2D eigenvalue weighted by Gasteiger charge is -2.29. The lowest BCUT2D eigenvalue weighted by molar-refractivity contribution is -0.114. The zero-order valence-corrected chi connectivity index (χ0v) is 12.5. The van der Waals surface area contributed by atoms with Crippen LogP contribution in [0, 0.1) is 0 Å². The summed E-state index contributed by atoms with van der Waals surface area (Å²) in [4.78, 5) is 23.7. The molecule has 1 atom stereocenters. The van der Waals surface area contributed by atoms with Gasteiger partial charge in [0.1, 0.15) is 5.75 Å². The number of ketones is 1. The number of allylic oxidation sites excluding steroid dienone is 1. The molecular weight excluding hydrogens is 268 g/mol. The van der Waals surface area contributed by atoms with Crippen molar-refractivity contribution in [2.75, 3.05) is 6.61 Å². The van der Waals surface area contributed by atoms with Gasteiger partial charge in [-0.15, -0.1) is 0 Å². The molecule has 2 rings (SSSR count). The SMILES string of the molecule is CCCOc1ccccc1[C@@H]1NC(=O)NC(C)=C1C(C)=O. The van der Waals surface area contributed by atoms with Gasteiger partial charge in [0.2, 0.25) is 0 Å². The van der Waals surface area contributed by atoms with Gasteiger partial charge in [-0.1, -0.05) is 25.1 Å². The molecule has 0 bridgehead atoms. The van der Waals surface area contributed by atoms with Crippen LogP contribution in [0.2, 0.25) is 0 Å². The van der Waals surface area contributed by atoms with E-state index >= 15 is 0 Å². The number of carbonyl (C=O) groups excluding carboxylic acids is 2. The Kier molecular flexibility index (Phi) is 4.62. The molecule has 0 saturated carbocycles. The molecule has 1 aliphatic rings. The zero-order chi connectivity index (χ0) is 15.4. The number of benzene rings is 1. The van der Waals surface area contributed by atoms with Crippen LogP contribution in [-0.4, -0.2) is 18.4 Å². The first-order valence-corrected chi connectivity index (χ1v) is 7.05. The number of urea groups is 1. The Morgan fingerprint density at radius 1 is 1.33 bits per heavy atom. The number of ether oxygens (including phenoxy) is 1. The second kappa shape index (κ2) is 6.43. The van der Waals surface area contributed by atoms with Crippen LogP contribution in [0.25, 0.3) is 0 Å². The summed E-state index contributed by atoms with van der Waals surface area (Å²) in [6.07, 6.45) is 0.890. The van der Waals surface area contributed by atoms with Crippen molar-refractivity contribution >= 4 is 11.8 Å². The first-order chi connectivity index (χ1) is 10.0. The molecule has 1 heterocycles. The number of hydrogen-bond donors (Lipinski definition) is 2. The molecule has 0 radical (unpaired) electrons. The quantitative estimate of drug-likeness (QED) is 0.875. The number of hydrogen-bond acceptors (Lipinski definition) is 3. The average molecular weight is 288 g/mol. The third kappa shape index (κ3) is 3.24. The average Bonchev–Trinajstić information content (AvgIpc) is 2.44. The molecule has 21 heavy (non-hydrogen) atoms. The number of nitrogens with one attached hydrogen (secondary N) is 2. The fourth-order valence-corrected chi connectivity index (χ4v) is 2.46. The molecule has 0 unspecified atom stereocenters. The summed E-state index contributed by atoms with van der Waals surface area (Å²) >= 11 is 0. The molecule has 0 fully saturated rings. The van der Waals surface area contributed by atoms with Crippen molar-refractivity contribution in [3.8, 4) is 5.75 Å². The highest BCUT2D eigenvalue weighted by Crippen LogP contribution is 2.33. The topological polar surface area (TPSA) is 67.4 Å². The van der Waals surface area contributed by atoms with E-state index in [0.29, 0.717) is 23.6 Å². The van der Waals surface area contributed by atoms with E-state index < -0.39 is 6.04 Å². The van der Waals surface area contributed by atoms with Crippen LogP contribution >= 0.6 is 0 Å². The van der Waals surface area contributed by atoms with Gasteiger partial charge in [-0.05, 0) is 26.3 Å². The number of carbonyl (C=O) groups is 2. The van der Waals surface area contributed by atoms with Crippen LogP contribution in [0.5, 0.6) is 5.75 Å². The Balaban J connectivity index is 2.46. The zero-order valence-electron chi connectivity index (χ0n) is 12.5. The molecule has 0 spiro atoms. The van der Waals surface area contributed by atoms with E-state index in [9.17, 15) is 9.59 Å². The summed E-state index contributed by atoms with van der Waals surface area (Å²) in [5.74, 6) is 0.619. The maximum Gasteiger partial charge on any atom is 0.319 e. The van der Waals surface area contributed by atoms with E-state index in [1.54, 1.807) is 6.92 Å². The second-order valence-electron chi connectivity index (χ2n) is 5.01. The first-order valence-electron chi connectivity index (χ1n) is 7.05. The van der Waals surface area contributed by atoms with Gasteiger partial charge >= 0.3 is 6.03 Å². The van der Waals surface area contributed by atoms with Crippen LogP contribution in [0.15, 0.2) is 35.5 Å². The van der Waals surface area contributed by atoms with E-state index in [1.165, 1.54) is 6.92 Å². The summed E-state index contributed by atoms with van der Waals surface area (Å²) in [6, 6.07) is 6.68. The molecular formula is C16H20N2O3. The van der Waals surface area contributed by atoms with Crippen molar-refractivity contribution in [3.05, 3.63) is 41.1 Å². The normalized spacial score (nSPS) is 18.0. The third-order valence-electron chi connectivity index (χ3n) is 3.34. The lowest BCUT2D eigenvalue weighted by Crippen LogP contribution is -2.44. The van der Waals surface area contributed by atoms with E-state index in [-0.39, 0.29) is 11.8 Å². The molecule has 0 saturated heterocycles. The van der Waals surface area contributed by atoms with Crippen LogP contribution in [0.4, 0.5) is 4.79 Å². The number of Topliss-reactive ketones (excluding diaryl/α,β-unsaturated/α-hetero) is 1. The van der Waals surface area contributed by atoms with Gasteiger partial charge in [-0.3, -0.25) is 4.79 Å².